The topological polar surface area (TPSA) is 97.1 Å². The first-order valence-corrected chi connectivity index (χ1v) is 10.9. The molecule has 2 aromatic carbocycles. The number of fused-ring (bicyclic) bond motifs is 1. The van der Waals surface area contributed by atoms with Crippen LogP contribution in [0.15, 0.2) is 48.7 Å². The van der Waals surface area contributed by atoms with Crippen LogP contribution in [0.3, 0.4) is 0 Å². The number of anilines is 1. The van der Waals surface area contributed by atoms with Gasteiger partial charge >= 0.3 is 0 Å². The van der Waals surface area contributed by atoms with Gasteiger partial charge < -0.3 is 16.4 Å². The molecule has 0 radical (unpaired) electrons. The maximum Gasteiger partial charge on any atom is 0.270 e. The van der Waals surface area contributed by atoms with E-state index in [9.17, 15) is 9.59 Å². The summed E-state index contributed by atoms with van der Waals surface area (Å²) in [5.74, 6) is -0.664. The second-order valence-electron chi connectivity index (χ2n) is 7.98. The number of piperidine rings is 1. The van der Waals surface area contributed by atoms with E-state index < -0.39 is 0 Å². The van der Waals surface area contributed by atoms with Crippen LogP contribution < -0.4 is 16.4 Å². The normalized spacial score (nSPS) is 16.2. The van der Waals surface area contributed by atoms with Gasteiger partial charge in [-0.2, -0.15) is 0 Å². The Morgan fingerprint density at radius 3 is 2.68 bits per heavy atom. The molecule has 0 aliphatic carbocycles. The Labute approximate surface area is 182 Å². The molecular weight excluding hydrogens is 388 g/mol. The molecular formula is C25H28N4O2. The zero-order valence-corrected chi connectivity index (χ0v) is 17.8. The van der Waals surface area contributed by atoms with Gasteiger partial charge in [0.1, 0.15) is 5.69 Å². The lowest BCUT2D eigenvalue weighted by molar-refractivity contribution is 0.0932. The number of hydrogen-bond donors (Lipinski definition) is 3. The summed E-state index contributed by atoms with van der Waals surface area (Å²) in [6.45, 7) is 3.55. The fraction of sp³-hybridized carbons (Fsp3) is 0.320. The van der Waals surface area contributed by atoms with Crippen molar-refractivity contribution in [3.8, 4) is 0 Å². The number of nitrogens with one attached hydrogen (secondary N) is 2. The van der Waals surface area contributed by atoms with E-state index in [0.717, 1.165) is 43.0 Å². The van der Waals surface area contributed by atoms with Gasteiger partial charge in [0.15, 0.2) is 5.78 Å². The van der Waals surface area contributed by atoms with Gasteiger partial charge in [-0.15, -0.1) is 0 Å². The molecule has 160 valence electrons. The molecule has 4 rings (SSSR count). The van der Waals surface area contributed by atoms with Crippen LogP contribution in [0.1, 0.15) is 58.2 Å². The SMILES string of the molecule is CCc1ccc(C(=O)c2c(N)ccnc2C(=O)NCC2CCCCN2)c2ccccc12. The average molecular weight is 417 g/mol. The number of amides is 1. The van der Waals surface area contributed by atoms with Crippen LogP contribution in [0.5, 0.6) is 0 Å². The van der Waals surface area contributed by atoms with Gasteiger partial charge in [0.25, 0.3) is 5.91 Å². The molecule has 1 amide bonds. The third-order valence-corrected chi connectivity index (χ3v) is 5.99. The second-order valence-corrected chi connectivity index (χ2v) is 7.98. The number of aryl methyl sites for hydroxylation is 1. The number of nitrogens with zero attached hydrogens (tertiary/aromatic N) is 1. The third-order valence-electron chi connectivity index (χ3n) is 5.99. The summed E-state index contributed by atoms with van der Waals surface area (Å²) in [6, 6.07) is 13.4. The van der Waals surface area contributed by atoms with Crippen LogP contribution in [-0.2, 0) is 6.42 Å². The average Bonchev–Trinajstić information content (AvgIpc) is 2.82. The highest BCUT2D eigenvalue weighted by molar-refractivity contribution is 6.22. The summed E-state index contributed by atoms with van der Waals surface area (Å²) in [5, 5.41) is 8.22. The van der Waals surface area contributed by atoms with Crippen molar-refractivity contribution in [2.24, 2.45) is 0 Å². The number of benzene rings is 2. The van der Waals surface area contributed by atoms with Crippen LogP contribution >= 0.6 is 0 Å². The van der Waals surface area contributed by atoms with Crippen LogP contribution in [0.25, 0.3) is 10.8 Å². The van der Waals surface area contributed by atoms with Gasteiger partial charge in [-0.25, -0.2) is 0 Å². The number of nitrogens with two attached hydrogens (primary N) is 1. The molecule has 1 atom stereocenters. The number of carbonyl (C=O) groups is 2. The smallest absolute Gasteiger partial charge is 0.270 e. The zero-order valence-electron chi connectivity index (χ0n) is 17.8. The highest BCUT2D eigenvalue weighted by Gasteiger charge is 2.25. The van der Waals surface area contributed by atoms with Crippen LogP contribution in [0.2, 0.25) is 0 Å². The molecule has 2 heterocycles. The maximum atomic E-state index is 13.6. The molecule has 0 spiro atoms. The molecule has 4 N–H and O–H groups in total. The molecule has 1 unspecified atom stereocenters. The minimum absolute atomic E-state index is 0.0736. The van der Waals surface area contributed by atoms with Crippen molar-refractivity contribution in [3.05, 3.63) is 71.0 Å². The van der Waals surface area contributed by atoms with Crippen LogP contribution in [-0.4, -0.2) is 35.8 Å². The van der Waals surface area contributed by atoms with Gasteiger partial charge in [-0.05, 0) is 48.2 Å². The molecule has 6 heteroatoms. The van der Waals surface area contributed by atoms with E-state index in [0.29, 0.717) is 12.1 Å². The van der Waals surface area contributed by atoms with Crippen LogP contribution in [0.4, 0.5) is 5.69 Å². The van der Waals surface area contributed by atoms with Gasteiger partial charge in [0, 0.05) is 30.0 Å². The number of carbonyl (C=O) groups excluding carboxylic acids is 2. The minimum atomic E-state index is -0.377. The zero-order chi connectivity index (χ0) is 21.8. The first-order valence-electron chi connectivity index (χ1n) is 10.9. The second kappa shape index (κ2) is 9.27. The number of rotatable bonds is 6. The van der Waals surface area contributed by atoms with E-state index in [1.165, 1.54) is 11.8 Å². The van der Waals surface area contributed by atoms with Crippen LogP contribution in [0, 0.1) is 0 Å². The summed E-state index contributed by atoms with van der Waals surface area (Å²) in [6.07, 6.45) is 5.66. The molecule has 0 saturated carbocycles. The van der Waals surface area contributed by atoms with Crippen molar-refractivity contribution < 1.29 is 9.59 Å². The number of hydrogen-bond acceptors (Lipinski definition) is 5. The van der Waals surface area contributed by atoms with Crippen molar-refractivity contribution in [1.29, 1.82) is 0 Å². The number of aromatic nitrogens is 1. The molecule has 1 aromatic heterocycles. The Hall–Kier alpha value is -3.25. The lowest BCUT2D eigenvalue weighted by atomic mass is 9.92. The number of ketones is 1. The molecule has 0 bridgehead atoms. The quantitative estimate of drug-likeness (QED) is 0.535. The maximum absolute atomic E-state index is 13.6. The monoisotopic (exact) mass is 416 g/mol. The minimum Gasteiger partial charge on any atom is -0.398 e. The van der Waals surface area contributed by atoms with E-state index in [1.54, 1.807) is 6.07 Å². The fourth-order valence-corrected chi connectivity index (χ4v) is 4.29. The Morgan fingerprint density at radius 2 is 1.94 bits per heavy atom. The van der Waals surface area contributed by atoms with Crippen molar-refractivity contribution in [2.75, 3.05) is 18.8 Å². The summed E-state index contributed by atoms with van der Waals surface area (Å²) in [4.78, 5) is 30.8. The Balaban J connectivity index is 1.68. The van der Waals surface area contributed by atoms with E-state index in [1.807, 2.05) is 36.4 Å². The Morgan fingerprint density at radius 1 is 1.13 bits per heavy atom. The van der Waals surface area contributed by atoms with E-state index in [-0.39, 0.29) is 34.7 Å². The number of nitrogen functional groups attached to an aromatic ring is 1. The van der Waals surface area contributed by atoms with Crippen molar-refractivity contribution >= 4 is 28.2 Å². The summed E-state index contributed by atoms with van der Waals surface area (Å²) < 4.78 is 0. The van der Waals surface area contributed by atoms with E-state index >= 15 is 0 Å². The third kappa shape index (κ3) is 4.30. The Bertz CT molecular complexity index is 1120. The summed E-state index contributed by atoms with van der Waals surface area (Å²) in [7, 11) is 0. The molecule has 1 aliphatic rings. The molecule has 31 heavy (non-hydrogen) atoms. The highest BCUT2D eigenvalue weighted by atomic mass is 16.2. The first kappa shape index (κ1) is 21.0. The predicted octanol–water partition coefficient (Wildman–Crippen LogP) is 3.48. The molecule has 1 aliphatic heterocycles. The summed E-state index contributed by atoms with van der Waals surface area (Å²) in [5.41, 5.74) is 8.36. The van der Waals surface area contributed by atoms with Gasteiger partial charge in [-0.3, -0.25) is 14.6 Å². The number of pyridine rings is 1. The largest absolute Gasteiger partial charge is 0.398 e. The fourth-order valence-electron chi connectivity index (χ4n) is 4.29. The molecule has 1 fully saturated rings. The van der Waals surface area contributed by atoms with Gasteiger partial charge in [0.05, 0.1) is 5.56 Å². The van der Waals surface area contributed by atoms with Gasteiger partial charge in [0.2, 0.25) is 0 Å². The molecule has 6 nitrogen and oxygen atoms in total. The van der Waals surface area contributed by atoms with Crippen molar-refractivity contribution in [3.63, 3.8) is 0 Å². The van der Waals surface area contributed by atoms with Crippen molar-refractivity contribution in [1.82, 2.24) is 15.6 Å². The summed E-state index contributed by atoms with van der Waals surface area (Å²) >= 11 is 0. The van der Waals surface area contributed by atoms with Gasteiger partial charge in [-0.1, -0.05) is 49.7 Å². The predicted molar refractivity (Wildman–Crippen MR) is 123 cm³/mol. The Kier molecular flexibility index (Phi) is 6.28. The highest BCUT2D eigenvalue weighted by Crippen LogP contribution is 2.28. The molecule has 3 aromatic rings. The molecule has 1 saturated heterocycles. The standard InChI is InChI=1S/C25H28N4O2/c1-2-16-10-11-20(19-9-4-3-8-18(16)19)24(30)22-21(26)12-14-28-23(22)25(31)29-15-17-7-5-6-13-27-17/h3-4,8-12,14,17,27H,2,5-7,13,15H2,1H3,(H2,26,28)(H,29,31). The first-order chi connectivity index (χ1) is 15.1. The lowest BCUT2D eigenvalue weighted by Crippen LogP contribution is -2.43. The van der Waals surface area contributed by atoms with E-state index in [2.05, 4.69) is 22.5 Å². The lowest BCUT2D eigenvalue weighted by Gasteiger charge is -2.23. The van der Waals surface area contributed by atoms with Crippen molar-refractivity contribution in [2.45, 2.75) is 38.6 Å². The van der Waals surface area contributed by atoms with E-state index in [4.69, 9.17) is 5.73 Å².